The Balaban J connectivity index is 1.98. The van der Waals surface area contributed by atoms with Gasteiger partial charge in [-0.15, -0.1) is 0 Å². The Labute approximate surface area is 158 Å². The normalized spacial score (nSPS) is 10.7. The number of hydrogen-bond donors (Lipinski definition) is 1. The lowest BCUT2D eigenvalue weighted by molar-refractivity contribution is 0.104. The number of benzene rings is 3. The monoisotopic (exact) mass is 359 g/mol. The van der Waals surface area contributed by atoms with Gasteiger partial charge in [-0.1, -0.05) is 42.5 Å². The predicted molar refractivity (Wildman–Crippen MR) is 109 cm³/mol. The number of rotatable bonds is 6. The van der Waals surface area contributed by atoms with E-state index in [1.54, 1.807) is 44.6 Å². The van der Waals surface area contributed by atoms with Crippen LogP contribution < -0.4 is 15.2 Å². The third-order valence-electron chi connectivity index (χ3n) is 4.26. The average molecular weight is 359 g/mol. The van der Waals surface area contributed by atoms with Crippen LogP contribution in [-0.4, -0.2) is 20.0 Å². The van der Waals surface area contributed by atoms with Gasteiger partial charge in [0.25, 0.3) is 0 Å². The standard InChI is InChI=1S/C23H21NO3/c1-26-22-9-5-8-20(23(22)27-2)19-7-4-3-6-16(19)12-15-21(25)17-10-13-18(24)14-11-17/h3-15H,24H2,1-2H3. The van der Waals surface area contributed by atoms with Crippen LogP contribution in [0.1, 0.15) is 15.9 Å². The smallest absolute Gasteiger partial charge is 0.185 e. The van der Waals surface area contributed by atoms with Gasteiger partial charge in [-0.25, -0.2) is 0 Å². The van der Waals surface area contributed by atoms with Crippen molar-refractivity contribution in [2.45, 2.75) is 0 Å². The molecule has 3 aromatic carbocycles. The van der Waals surface area contributed by atoms with E-state index < -0.39 is 0 Å². The van der Waals surface area contributed by atoms with Crippen molar-refractivity contribution in [3.8, 4) is 22.6 Å². The van der Waals surface area contributed by atoms with E-state index in [1.807, 2.05) is 48.5 Å². The molecule has 0 fully saturated rings. The Morgan fingerprint density at radius 1 is 0.852 bits per heavy atom. The maximum atomic E-state index is 12.4. The molecule has 0 unspecified atom stereocenters. The van der Waals surface area contributed by atoms with E-state index in [9.17, 15) is 4.79 Å². The molecule has 0 spiro atoms. The van der Waals surface area contributed by atoms with Crippen molar-refractivity contribution < 1.29 is 14.3 Å². The highest BCUT2D eigenvalue weighted by Crippen LogP contribution is 2.39. The largest absolute Gasteiger partial charge is 0.493 e. The van der Waals surface area contributed by atoms with Crippen LogP contribution in [0.2, 0.25) is 0 Å². The van der Waals surface area contributed by atoms with Crippen molar-refractivity contribution in [1.82, 2.24) is 0 Å². The van der Waals surface area contributed by atoms with Crippen LogP contribution >= 0.6 is 0 Å². The Kier molecular flexibility index (Phi) is 5.57. The van der Waals surface area contributed by atoms with E-state index in [1.165, 1.54) is 0 Å². The number of nitrogen functional groups attached to an aromatic ring is 1. The second-order valence-corrected chi connectivity index (χ2v) is 5.95. The Morgan fingerprint density at radius 2 is 1.56 bits per heavy atom. The lowest BCUT2D eigenvalue weighted by Crippen LogP contribution is -1.96. The molecular weight excluding hydrogens is 338 g/mol. The molecule has 4 nitrogen and oxygen atoms in total. The minimum Gasteiger partial charge on any atom is -0.493 e. The van der Waals surface area contributed by atoms with Crippen LogP contribution in [0, 0.1) is 0 Å². The first-order valence-electron chi connectivity index (χ1n) is 8.52. The van der Waals surface area contributed by atoms with E-state index >= 15 is 0 Å². The molecule has 0 aliphatic heterocycles. The Morgan fingerprint density at radius 3 is 2.26 bits per heavy atom. The van der Waals surface area contributed by atoms with Gasteiger partial charge in [0, 0.05) is 16.8 Å². The van der Waals surface area contributed by atoms with E-state index in [-0.39, 0.29) is 5.78 Å². The number of ether oxygens (including phenoxy) is 2. The molecule has 0 aliphatic rings. The van der Waals surface area contributed by atoms with E-state index in [0.717, 1.165) is 16.7 Å². The van der Waals surface area contributed by atoms with Gasteiger partial charge in [0.15, 0.2) is 17.3 Å². The van der Waals surface area contributed by atoms with Crippen molar-refractivity contribution in [2.75, 3.05) is 20.0 Å². The van der Waals surface area contributed by atoms with Gasteiger partial charge in [-0.2, -0.15) is 0 Å². The molecular formula is C23H21NO3. The zero-order chi connectivity index (χ0) is 19.2. The number of carbonyl (C=O) groups is 1. The fourth-order valence-corrected chi connectivity index (χ4v) is 2.90. The summed E-state index contributed by atoms with van der Waals surface area (Å²) in [6.07, 6.45) is 3.38. The second-order valence-electron chi connectivity index (χ2n) is 5.95. The summed E-state index contributed by atoms with van der Waals surface area (Å²) < 4.78 is 11.0. The van der Waals surface area contributed by atoms with Crippen molar-refractivity contribution in [3.05, 3.63) is 83.9 Å². The minimum atomic E-state index is -0.0811. The van der Waals surface area contributed by atoms with Crippen molar-refractivity contribution in [2.24, 2.45) is 0 Å². The summed E-state index contributed by atoms with van der Waals surface area (Å²) in [6.45, 7) is 0. The first-order valence-corrected chi connectivity index (χ1v) is 8.52. The Bertz CT molecular complexity index is 975. The Hall–Kier alpha value is -3.53. The lowest BCUT2D eigenvalue weighted by atomic mass is 9.97. The molecule has 0 heterocycles. The van der Waals surface area contributed by atoms with Crippen LogP contribution in [0.15, 0.2) is 72.8 Å². The summed E-state index contributed by atoms with van der Waals surface area (Å²) in [5, 5.41) is 0. The van der Waals surface area contributed by atoms with Crippen molar-refractivity contribution in [3.63, 3.8) is 0 Å². The number of methoxy groups -OCH3 is 2. The number of carbonyl (C=O) groups excluding carboxylic acids is 1. The molecule has 0 radical (unpaired) electrons. The fraction of sp³-hybridized carbons (Fsp3) is 0.0870. The van der Waals surface area contributed by atoms with Gasteiger partial charge in [0.05, 0.1) is 14.2 Å². The molecule has 0 saturated carbocycles. The van der Waals surface area contributed by atoms with Crippen LogP contribution in [-0.2, 0) is 0 Å². The molecule has 0 amide bonds. The highest BCUT2D eigenvalue weighted by atomic mass is 16.5. The first-order chi connectivity index (χ1) is 13.1. The van der Waals surface area contributed by atoms with Gasteiger partial charge in [0.1, 0.15) is 0 Å². The first kappa shape index (κ1) is 18.3. The van der Waals surface area contributed by atoms with Gasteiger partial charge >= 0.3 is 0 Å². The summed E-state index contributed by atoms with van der Waals surface area (Å²) in [7, 11) is 3.23. The van der Waals surface area contributed by atoms with Crippen LogP contribution in [0.5, 0.6) is 11.5 Å². The summed E-state index contributed by atoms with van der Waals surface area (Å²) in [5.41, 5.74) is 9.66. The third kappa shape index (κ3) is 4.01. The lowest BCUT2D eigenvalue weighted by Gasteiger charge is -2.14. The van der Waals surface area contributed by atoms with E-state index in [4.69, 9.17) is 15.2 Å². The molecule has 4 heteroatoms. The molecule has 136 valence electrons. The number of allylic oxidation sites excluding steroid dienone is 1. The number of nitrogens with two attached hydrogens (primary N) is 1. The third-order valence-corrected chi connectivity index (χ3v) is 4.26. The van der Waals surface area contributed by atoms with Crippen molar-refractivity contribution in [1.29, 1.82) is 0 Å². The summed E-state index contributed by atoms with van der Waals surface area (Å²) in [6, 6.07) is 20.4. The molecule has 2 N–H and O–H groups in total. The summed E-state index contributed by atoms with van der Waals surface area (Å²) in [5.74, 6) is 1.24. The molecule has 27 heavy (non-hydrogen) atoms. The molecule has 0 atom stereocenters. The van der Waals surface area contributed by atoms with Gasteiger partial charge in [-0.3, -0.25) is 4.79 Å². The van der Waals surface area contributed by atoms with Crippen LogP contribution in [0.4, 0.5) is 5.69 Å². The highest BCUT2D eigenvalue weighted by molar-refractivity contribution is 6.07. The topological polar surface area (TPSA) is 61.5 Å². The maximum Gasteiger partial charge on any atom is 0.185 e. The van der Waals surface area contributed by atoms with Crippen LogP contribution in [0.25, 0.3) is 17.2 Å². The van der Waals surface area contributed by atoms with E-state index in [2.05, 4.69) is 0 Å². The molecule has 3 aromatic rings. The molecule has 0 aromatic heterocycles. The predicted octanol–water partition coefficient (Wildman–Crippen LogP) is 4.85. The van der Waals surface area contributed by atoms with Gasteiger partial charge in [-0.05, 0) is 47.5 Å². The summed E-state index contributed by atoms with van der Waals surface area (Å²) >= 11 is 0. The molecule has 0 aliphatic carbocycles. The molecule has 3 rings (SSSR count). The highest BCUT2D eigenvalue weighted by Gasteiger charge is 2.13. The SMILES string of the molecule is COc1cccc(-c2ccccc2C=CC(=O)c2ccc(N)cc2)c1OC. The quantitative estimate of drug-likeness (QED) is 0.388. The fourth-order valence-electron chi connectivity index (χ4n) is 2.90. The average Bonchev–Trinajstić information content (AvgIpc) is 2.72. The zero-order valence-electron chi connectivity index (χ0n) is 15.3. The number of para-hydroxylation sites is 1. The minimum absolute atomic E-state index is 0.0811. The molecule has 0 saturated heterocycles. The maximum absolute atomic E-state index is 12.4. The zero-order valence-corrected chi connectivity index (χ0v) is 15.3. The van der Waals surface area contributed by atoms with Gasteiger partial charge < -0.3 is 15.2 Å². The number of anilines is 1. The van der Waals surface area contributed by atoms with Crippen LogP contribution in [0.3, 0.4) is 0 Å². The van der Waals surface area contributed by atoms with E-state index in [0.29, 0.717) is 22.7 Å². The van der Waals surface area contributed by atoms with Gasteiger partial charge in [0.2, 0.25) is 0 Å². The number of hydrogen-bond acceptors (Lipinski definition) is 4. The molecule has 0 bridgehead atoms. The second kappa shape index (κ2) is 8.23. The number of ketones is 1. The van der Waals surface area contributed by atoms with Crippen molar-refractivity contribution >= 4 is 17.5 Å². The summed E-state index contributed by atoms with van der Waals surface area (Å²) in [4.78, 5) is 12.4.